The van der Waals surface area contributed by atoms with Crippen molar-refractivity contribution in [1.82, 2.24) is 4.98 Å². The van der Waals surface area contributed by atoms with Crippen molar-refractivity contribution in [1.29, 1.82) is 0 Å². The van der Waals surface area contributed by atoms with Crippen molar-refractivity contribution in [3.05, 3.63) is 63.4 Å². The number of pyridine rings is 1. The van der Waals surface area contributed by atoms with E-state index in [4.69, 9.17) is 10.2 Å². The number of aromatic nitrogens is 1. The molecule has 0 amide bonds. The minimum absolute atomic E-state index is 0.0347. The molecule has 2 heterocycles. The molecule has 3 rings (SSSR count). The van der Waals surface area contributed by atoms with Crippen molar-refractivity contribution in [3.63, 3.8) is 0 Å². The van der Waals surface area contributed by atoms with Gasteiger partial charge < -0.3 is 10.2 Å². The van der Waals surface area contributed by atoms with Gasteiger partial charge in [-0.3, -0.25) is 9.78 Å². The molecule has 1 aromatic carbocycles. The minimum Gasteiger partial charge on any atom is -0.454 e. The Morgan fingerprint density at radius 2 is 2.00 bits per heavy atom. The fraction of sp³-hybridized carbons (Fsp3) is 0.222. The fourth-order valence-corrected chi connectivity index (χ4v) is 2.65. The second-order valence-electron chi connectivity index (χ2n) is 5.62. The lowest BCUT2D eigenvalue weighted by Crippen LogP contribution is -2.12. The largest absolute Gasteiger partial charge is 0.454 e. The number of hydrogen-bond acceptors (Lipinski definition) is 4. The zero-order valence-corrected chi connectivity index (χ0v) is 12.9. The van der Waals surface area contributed by atoms with E-state index >= 15 is 0 Å². The predicted molar refractivity (Wildman–Crippen MR) is 87.8 cm³/mol. The third-order valence-electron chi connectivity index (χ3n) is 3.78. The number of benzene rings is 1. The summed E-state index contributed by atoms with van der Waals surface area (Å²) in [7, 11) is 0. The van der Waals surface area contributed by atoms with Crippen LogP contribution in [0, 0.1) is 13.8 Å². The number of hydrogen-bond donors (Lipinski definition) is 1. The first-order valence-electron chi connectivity index (χ1n) is 7.24. The summed E-state index contributed by atoms with van der Waals surface area (Å²) >= 11 is 0. The zero-order chi connectivity index (χ0) is 15.9. The molecule has 0 radical (unpaired) electrons. The Hall–Kier alpha value is -2.46. The fourth-order valence-electron chi connectivity index (χ4n) is 2.65. The first-order valence-corrected chi connectivity index (χ1v) is 7.24. The van der Waals surface area contributed by atoms with Gasteiger partial charge in [-0.25, -0.2) is 0 Å². The second-order valence-corrected chi connectivity index (χ2v) is 5.62. The second kappa shape index (κ2) is 5.39. The third kappa shape index (κ3) is 2.31. The van der Waals surface area contributed by atoms with Gasteiger partial charge in [0.1, 0.15) is 11.3 Å². The molecular formula is C18H18N2O2. The summed E-state index contributed by atoms with van der Waals surface area (Å²) in [6, 6.07) is 9.12. The van der Waals surface area contributed by atoms with E-state index in [0.717, 1.165) is 11.1 Å². The molecule has 0 aliphatic carbocycles. The lowest BCUT2D eigenvalue weighted by Gasteiger charge is -2.13. The average Bonchev–Trinajstić information content (AvgIpc) is 2.51. The van der Waals surface area contributed by atoms with Crippen LogP contribution in [0.3, 0.4) is 0 Å². The first-order chi connectivity index (χ1) is 10.5. The van der Waals surface area contributed by atoms with Crippen LogP contribution in [0.2, 0.25) is 0 Å². The molecule has 0 spiro atoms. The number of fused-ring (bicyclic) bond motifs is 1. The Kier molecular flexibility index (Phi) is 3.54. The SMILES string of the molecule is Cc1cc([C@@H](C)N)c2oc(-c3ccccn3)c(C)c(=O)c2c1. The molecule has 0 aliphatic rings. The zero-order valence-electron chi connectivity index (χ0n) is 12.9. The molecule has 1 atom stereocenters. The third-order valence-corrected chi connectivity index (χ3v) is 3.78. The van der Waals surface area contributed by atoms with E-state index in [2.05, 4.69) is 4.98 Å². The normalized spacial score (nSPS) is 12.5. The van der Waals surface area contributed by atoms with E-state index in [9.17, 15) is 4.79 Å². The van der Waals surface area contributed by atoms with Gasteiger partial charge in [0.05, 0.1) is 5.39 Å². The molecule has 22 heavy (non-hydrogen) atoms. The maximum Gasteiger partial charge on any atom is 0.196 e. The monoisotopic (exact) mass is 294 g/mol. The van der Waals surface area contributed by atoms with Crippen molar-refractivity contribution in [2.75, 3.05) is 0 Å². The smallest absolute Gasteiger partial charge is 0.196 e. The van der Waals surface area contributed by atoms with Crippen LogP contribution in [-0.2, 0) is 0 Å². The molecule has 0 fully saturated rings. The summed E-state index contributed by atoms with van der Waals surface area (Å²) in [6.45, 7) is 5.60. The molecule has 2 aromatic heterocycles. The van der Waals surface area contributed by atoms with Crippen LogP contribution in [-0.4, -0.2) is 4.98 Å². The van der Waals surface area contributed by atoms with Crippen molar-refractivity contribution in [2.45, 2.75) is 26.8 Å². The summed E-state index contributed by atoms with van der Waals surface area (Å²) in [6.07, 6.45) is 1.68. The number of nitrogens with two attached hydrogens (primary N) is 1. The summed E-state index contributed by atoms with van der Waals surface area (Å²) in [4.78, 5) is 17.0. The molecule has 4 nitrogen and oxygen atoms in total. The molecule has 0 aliphatic heterocycles. The van der Waals surface area contributed by atoms with Crippen LogP contribution in [0.25, 0.3) is 22.4 Å². The van der Waals surface area contributed by atoms with Gasteiger partial charge in [-0.1, -0.05) is 12.1 Å². The molecule has 4 heteroatoms. The predicted octanol–water partition coefficient (Wildman–Crippen LogP) is 3.49. The van der Waals surface area contributed by atoms with Gasteiger partial charge in [0.2, 0.25) is 0 Å². The van der Waals surface area contributed by atoms with Crippen molar-refractivity contribution in [3.8, 4) is 11.5 Å². The average molecular weight is 294 g/mol. The van der Waals surface area contributed by atoms with E-state index in [1.54, 1.807) is 13.1 Å². The molecule has 2 N–H and O–H groups in total. The Bertz CT molecular complexity index is 896. The Labute approximate surface area is 128 Å². The summed E-state index contributed by atoms with van der Waals surface area (Å²) in [5.41, 5.74) is 9.61. The number of nitrogens with zero attached hydrogens (tertiary/aromatic N) is 1. The van der Waals surface area contributed by atoms with Gasteiger partial charge in [0.15, 0.2) is 11.2 Å². The Morgan fingerprint density at radius 1 is 1.23 bits per heavy atom. The van der Waals surface area contributed by atoms with Crippen LogP contribution in [0.15, 0.2) is 45.7 Å². The summed E-state index contributed by atoms with van der Waals surface area (Å²) in [5.74, 6) is 0.504. The van der Waals surface area contributed by atoms with Crippen LogP contribution >= 0.6 is 0 Å². The van der Waals surface area contributed by atoms with Crippen molar-refractivity contribution < 1.29 is 4.42 Å². The van der Waals surface area contributed by atoms with Gasteiger partial charge in [0.25, 0.3) is 0 Å². The van der Waals surface area contributed by atoms with Crippen LogP contribution in [0.5, 0.6) is 0 Å². The van der Waals surface area contributed by atoms with Crippen molar-refractivity contribution >= 4 is 11.0 Å². The van der Waals surface area contributed by atoms with E-state index in [1.807, 2.05) is 44.2 Å². The van der Waals surface area contributed by atoms with E-state index in [1.165, 1.54) is 0 Å². The number of rotatable bonds is 2. The highest BCUT2D eigenvalue weighted by Gasteiger charge is 2.17. The van der Waals surface area contributed by atoms with E-state index in [-0.39, 0.29) is 11.5 Å². The van der Waals surface area contributed by atoms with Gasteiger partial charge in [0, 0.05) is 23.4 Å². The lowest BCUT2D eigenvalue weighted by molar-refractivity contribution is 0.601. The molecule has 0 saturated carbocycles. The highest BCUT2D eigenvalue weighted by molar-refractivity contribution is 5.83. The quantitative estimate of drug-likeness (QED) is 0.785. The highest BCUT2D eigenvalue weighted by atomic mass is 16.3. The molecule has 0 bridgehead atoms. The molecule has 3 aromatic rings. The van der Waals surface area contributed by atoms with Gasteiger partial charge in [-0.2, -0.15) is 0 Å². The van der Waals surface area contributed by atoms with Gasteiger partial charge >= 0.3 is 0 Å². The molecule has 0 unspecified atom stereocenters. The van der Waals surface area contributed by atoms with Gasteiger partial charge in [-0.05, 0) is 44.5 Å². The maximum absolute atomic E-state index is 12.7. The topological polar surface area (TPSA) is 69.1 Å². The Morgan fingerprint density at radius 3 is 2.64 bits per heavy atom. The van der Waals surface area contributed by atoms with Crippen molar-refractivity contribution in [2.24, 2.45) is 5.73 Å². The summed E-state index contributed by atoms with van der Waals surface area (Å²) < 4.78 is 6.06. The minimum atomic E-state index is -0.218. The number of aryl methyl sites for hydroxylation is 1. The molecule has 0 saturated heterocycles. The van der Waals surface area contributed by atoms with Crippen LogP contribution in [0.1, 0.15) is 29.7 Å². The van der Waals surface area contributed by atoms with E-state index in [0.29, 0.717) is 28.0 Å². The standard InChI is InChI=1S/C18H18N2O2/c1-10-8-13(12(3)19)18-14(9-10)16(21)11(2)17(22-18)15-6-4-5-7-20-15/h4-9,12H,19H2,1-3H3/t12-/m1/s1. The van der Waals surface area contributed by atoms with E-state index < -0.39 is 0 Å². The highest BCUT2D eigenvalue weighted by Crippen LogP contribution is 2.29. The van der Waals surface area contributed by atoms with Gasteiger partial charge in [-0.15, -0.1) is 0 Å². The summed E-state index contributed by atoms with van der Waals surface area (Å²) in [5, 5.41) is 0.574. The van der Waals surface area contributed by atoms with Crippen LogP contribution < -0.4 is 11.2 Å². The first kappa shape index (κ1) is 14.5. The molecular weight excluding hydrogens is 276 g/mol. The van der Waals surface area contributed by atoms with Crippen LogP contribution in [0.4, 0.5) is 0 Å². The Balaban J connectivity index is 2.43. The maximum atomic E-state index is 12.7. The lowest BCUT2D eigenvalue weighted by atomic mass is 10.00. The molecule has 112 valence electrons.